The Morgan fingerprint density at radius 2 is 2.06 bits per heavy atom. The molecule has 92 valence electrons. The zero-order valence-electron chi connectivity index (χ0n) is 9.97. The molecule has 1 atom stereocenters. The zero-order valence-corrected chi connectivity index (χ0v) is 9.97. The molecule has 4 N–H and O–H groups in total. The Kier molecular flexibility index (Phi) is 4.51. The lowest BCUT2D eigenvalue weighted by Gasteiger charge is -2.11. The van der Waals surface area contributed by atoms with Crippen molar-refractivity contribution in [3.8, 4) is 0 Å². The Morgan fingerprint density at radius 1 is 1.47 bits per heavy atom. The van der Waals surface area contributed by atoms with Crippen molar-refractivity contribution in [1.29, 1.82) is 0 Å². The second kappa shape index (κ2) is 5.89. The molecule has 0 radical (unpaired) electrons. The Hall–Kier alpha value is -2.04. The van der Waals surface area contributed by atoms with Crippen LogP contribution in [0.25, 0.3) is 0 Å². The number of guanidine groups is 1. The van der Waals surface area contributed by atoms with Crippen molar-refractivity contribution in [2.75, 3.05) is 12.4 Å². The number of carbonyl (C=O) groups is 1. The molecule has 0 heterocycles. The lowest BCUT2D eigenvalue weighted by Crippen LogP contribution is -2.22. The fourth-order valence-electron chi connectivity index (χ4n) is 1.56. The van der Waals surface area contributed by atoms with Gasteiger partial charge in [0.1, 0.15) is 0 Å². The van der Waals surface area contributed by atoms with E-state index < -0.39 is 11.9 Å². The highest BCUT2D eigenvalue weighted by Gasteiger charge is 2.16. The molecule has 0 fully saturated rings. The summed E-state index contributed by atoms with van der Waals surface area (Å²) in [6.45, 7) is 1.85. The van der Waals surface area contributed by atoms with Crippen LogP contribution in [0.15, 0.2) is 29.3 Å². The molecule has 0 aliphatic carbocycles. The molecule has 0 spiro atoms. The predicted octanol–water partition coefficient (Wildman–Crippen LogP) is 1.62. The number of carboxylic acids is 1. The number of aliphatic carboxylic acids is 1. The van der Waals surface area contributed by atoms with Gasteiger partial charge < -0.3 is 16.2 Å². The third-order valence-electron chi connectivity index (χ3n) is 2.53. The number of carboxylic acid groups (broad SMARTS) is 1. The summed E-state index contributed by atoms with van der Waals surface area (Å²) in [5.41, 5.74) is 7.10. The Labute approximate surface area is 100 Å². The van der Waals surface area contributed by atoms with Gasteiger partial charge in [-0.05, 0) is 24.1 Å². The van der Waals surface area contributed by atoms with Crippen molar-refractivity contribution in [2.24, 2.45) is 10.7 Å². The highest BCUT2D eigenvalue weighted by Crippen LogP contribution is 2.21. The third-order valence-corrected chi connectivity index (χ3v) is 2.53. The number of aliphatic imine (C=N–C) groups is 1. The first-order chi connectivity index (χ1) is 8.08. The number of hydrogen-bond donors (Lipinski definition) is 3. The molecule has 0 aliphatic heterocycles. The van der Waals surface area contributed by atoms with Crippen LogP contribution >= 0.6 is 0 Å². The standard InChI is InChI=1S/C12H17N3O2/c1-3-10(11(16)17)8-4-6-9(7-5-8)15-12(13)14-2/h4-7,10H,3H2,1-2H3,(H,16,17)(H3,13,14,15). The molecular formula is C12H17N3O2. The van der Waals surface area contributed by atoms with E-state index in [-0.39, 0.29) is 0 Å². The maximum Gasteiger partial charge on any atom is 0.310 e. The molecule has 0 aromatic heterocycles. The molecule has 5 nitrogen and oxygen atoms in total. The summed E-state index contributed by atoms with van der Waals surface area (Å²) < 4.78 is 0. The van der Waals surface area contributed by atoms with Crippen LogP contribution < -0.4 is 11.1 Å². The van der Waals surface area contributed by atoms with Gasteiger partial charge in [-0.25, -0.2) is 0 Å². The first kappa shape index (κ1) is 13.0. The number of rotatable bonds is 4. The summed E-state index contributed by atoms with van der Waals surface area (Å²) in [4.78, 5) is 14.8. The summed E-state index contributed by atoms with van der Waals surface area (Å²) in [6.07, 6.45) is 0.570. The quantitative estimate of drug-likeness (QED) is 0.546. The van der Waals surface area contributed by atoms with E-state index in [2.05, 4.69) is 10.3 Å². The van der Waals surface area contributed by atoms with Crippen LogP contribution in [-0.4, -0.2) is 24.1 Å². The Bertz CT molecular complexity index is 412. The molecule has 1 aromatic rings. The minimum atomic E-state index is -0.803. The summed E-state index contributed by atoms with van der Waals surface area (Å²) >= 11 is 0. The minimum absolute atomic E-state index is 0.322. The second-order valence-corrected chi connectivity index (χ2v) is 3.65. The van der Waals surface area contributed by atoms with Gasteiger partial charge in [0.15, 0.2) is 5.96 Å². The number of benzene rings is 1. The van der Waals surface area contributed by atoms with E-state index in [4.69, 9.17) is 10.8 Å². The van der Waals surface area contributed by atoms with Crippen molar-refractivity contribution in [2.45, 2.75) is 19.3 Å². The van der Waals surface area contributed by atoms with Crippen LogP contribution in [0.1, 0.15) is 24.8 Å². The Morgan fingerprint density at radius 3 is 2.47 bits per heavy atom. The molecule has 0 bridgehead atoms. The fraction of sp³-hybridized carbons (Fsp3) is 0.333. The molecule has 1 aromatic carbocycles. The summed E-state index contributed by atoms with van der Waals surface area (Å²) in [5, 5.41) is 11.9. The predicted molar refractivity (Wildman–Crippen MR) is 68.3 cm³/mol. The van der Waals surface area contributed by atoms with Gasteiger partial charge in [0.2, 0.25) is 0 Å². The van der Waals surface area contributed by atoms with Crippen LogP contribution in [0, 0.1) is 0 Å². The van der Waals surface area contributed by atoms with Gasteiger partial charge in [-0.3, -0.25) is 9.79 Å². The van der Waals surface area contributed by atoms with Crippen LogP contribution in [0.5, 0.6) is 0 Å². The van der Waals surface area contributed by atoms with Crippen LogP contribution in [0.3, 0.4) is 0 Å². The molecular weight excluding hydrogens is 218 g/mol. The maximum atomic E-state index is 11.0. The SMILES string of the molecule is CCC(C(=O)O)c1ccc(NC(N)=NC)cc1. The lowest BCUT2D eigenvalue weighted by molar-refractivity contribution is -0.138. The van der Waals surface area contributed by atoms with E-state index >= 15 is 0 Å². The largest absolute Gasteiger partial charge is 0.481 e. The third kappa shape index (κ3) is 3.48. The highest BCUT2D eigenvalue weighted by atomic mass is 16.4. The Balaban J connectivity index is 2.83. The van der Waals surface area contributed by atoms with Crippen molar-refractivity contribution in [1.82, 2.24) is 0 Å². The first-order valence-corrected chi connectivity index (χ1v) is 5.40. The zero-order chi connectivity index (χ0) is 12.8. The van der Waals surface area contributed by atoms with Gasteiger partial charge in [-0.2, -0.15) is 0 Å². The summed E-state index contributed by atoms with van der Waals surface area (Å²) in [6, 6.07) is 7.15. The number of nitrogens with two attached hydrogens (primary N) is 1. The van der Waals surface area contributed by atoms with Crippen molar-refractivity contribution in [3.05, 3.63) is 29.8 Å². The summed E-state index contributed by atoms with van der Waals surface area (Å²) in [7, 11) is 1.59. The van der Waals surface area contributed by atoms with Crippen molar-refractivity contribution in [3.63, 3.8) is 0 Å². The van der Waals surface area contributed by atoms with E-state index in [0.717, 1.165) is 11.3 Å². The van der Waals surface area contributed by atoms with Crippen LogP contribution in [0.4, 0.5) is 5.69 Å². The monoisotopic (exact) mass is 235 g/mol. The molecule has 5 heteroatoms. The van der Waals surface area contributed by atoms with E-state index in [1.54, 1.807) is 31.3 Å². The topological polar surface area (TPSA) is 87.7 Å². The summed E-state index contributed by atoms with van der Waals surface area (Å²) in [5.74, 6) is -0.938. The molecule has 1 rings (SSSR count). The highest BCUT2D eigenvalue weighted by molar-refractivity contribution is 5.92. The van der Waals surface area contributed by atoms with Gasteiger partial charge in [0.05, 0.1) is 5.92 Å². The van der Waals surface area contributed by atoms with Gasteiger partial charge in [0, 0.05) is 12.7 Å². The number of anilines is 1. The van der Waals surface area contributed by atoms with Gasteiger partial charge in [-0.15, -0.1) is 0 Å². The van der Waals surface area contributed by atoms with E-state index in [9.17, 15) is 4.79 Å². The molecule has 0 saturated heterocycles. The van der Waals surface area contributed by atoms with Gasteiger partial charge in [-0.1, -0.05) is 19.1 Å². The lowest BCUT2D eigenvalue weighted by atomic mass is 9.96. The number of hydrogen-bond acceptors (Lipinski definition) is 2. The number of nitrogens with one attached hydrogen (secondary N) is 1. The molecule has 1 unspecified atom stereocenters. The van der Waals surface area contributed by atoms with Crippen LogP contribution in [0.2, 0.25) is 0 Å². The molecule has 0 aliphatic rings. The van der Waals surface area contributed by atoms with Crippen molar-refractivity contribution >= 4 is 17.6 Å². The molecule has 0 saturated carbocycles. The fourth-order valence-corrected chi connectivity index (χ4v) is 1.56. The van der Waals surface area contributed by atoms with E-state index in [1.807, 2.05) is 6.92 Å². The average molecular weight is 235 g/mol. The second-order valence-electron chi connectivity index (χ2n) is 3.65. The normalized spacial score (nSPS) is 13.2. The smallest absolute Gasteiger partial charge is 0.310 e. The van der Waals surface area contributed by atoms with E-state index in [0.29, 0.717) is 12.4 Å². The molecule has 17 heavy (non-hydrogen) atoms. The van der Waals surface area contributed by atoms with Gasteiger partial charge >= 0.3 is 5.97 Å². The molecule has 0 amide bonds. The van der Waals surface area contributed by atoms with Crippen molar-refractivity contribution < 1.29 is 9.90 Å². The minimum Gasteiger partial charge on any atom is -0.481 e. The average Bonchev–Trinajstić information content (AvgIpc) is 2.31. The maximum absolute atomic E-state index is 11.0. The first-order valence-electron chi connectivity index (χ1n) is 5.40. The number of nitrogens with zero attached hydrogens (tertiary/aromatic N) is 1. The van der Waals surface area contributed by atoms with Gasteiger partial charge in [0.25, 0.3) is 0 Å². The van der Waals surface area contributed by atoms with Crippen LogP contribution in [-0.2, 0) is 4.79 Å². The van der Waals surface area contributed by atoms with E-state index in [1.165, 1.54) is 0 Å².